The minimum atomic E-state index is -3.20. The Labute approximate surface area is 115 Å². The van der Waals surface area contributed by atoms with Crippen LogP contribution in [0.5, 0.6) is 0 Å². The lowest BCUT2D eigenvalue weighted by Crippen LogP contribution is -2.41. The fourth-order valence-electron chi connectivity index (χ4n) is 2.65. The van der Waals surface area contributed by atoms with Crippen molar-refractivity contribution >= 4 is 21.2 Å². The van der Waals surface area contributed by atoms with Gasteiger partial charge in [0.15, 0.2) is 9.84 Å². The van der Waals surface area contributed by atoms with Crippen molar-refractivity contribution in [3.8, 4) is 0 Å². The molecule has 1 heterocycles. The van der Waals surface area contributed by atoms with Crippen molar-refractivity contribution in [1.82, 2.24) is 0 Å². The van der Waals surface area contributed by atoms with Crippen LogP contribution in [0.2, 0.25) is 0 Å². The van der Waals surface area contributed by atoms with Gasteiger partial charge in [-0.05, 0) is 43.9 Å². The summed E-state index contributed by atoms with van der Waals surface area (Å²) in [6, 6.07) is 5.49. The lowest BCUT2D eigenvalue weighted by Gasteiger charge is -2.39. The van der Waals surface area contributed by atoms with Crippen molar-refractivity contribution in [2.24, 2.45) is 5.92 Å². The fourth-order valence-corrected chi connectivity index (χ4v) is 3.31. The minimum Gasteiger partial charge on any atom is -0.397 e. The Balaban J connectivity index is 2.35. The smallest absolute Gasteiger partial charge is 0.175 e. The van der Waals surface area contributed by atoms with Gasteiger partial charge in [0.25, 0.3) is 0 Å². The van der Waals surface area contributed by atoms with Gasteiger partial charge in [0.05, 0.1) is 16.3 Å². The maximum atomic E-state index is 11.5. The van der Waals surface area contributed by atoms with Crippen LogP contribution in [0.25, 0.3) is 0 Å². The largest absolute Gasteiger partial charge is 0.397 e. The van der Waals surface area contributed by atoms with Crippen LogP contribution in [0.1, 0.15) is 26.7 Å². The summed E-state index contributed by atoms with van der Waals surface area (Å²) in [5, 5.41) is 0. The number of hydrogen-bond donors (Lipinski definition) is 1. The van der Waals surface area contributed by atoms with Crippen molar-refractivity contribution < 1.29 is 8.42 Å². The second-order valence-corrected chi connectivity index (χ2v) is 7.69. The summed E-state index contributed by atoms with van der Waals surface area (Å²) < 4.78 is 23.0. The Kier molecular flexibility index (Phi) is 3.76. The molecule has 2 atom stereocenters. The second-order valence-electron chi connectivity index (χ2n) is 5.68. The fraction of sp³-hybridized carbons (Fsp3) is 0.571. The average molecular weight is 282 g/mol. The summed E-state index contributed by atoms with van der Waals surface area (Å²) in [4.78, 5) is 2.57. The molecule has 106 valence electrons. The number of anilines is 2. The first-order valence-corrected chi connectivity index (χ1v) is 8.54. The van der Waals surface area contributed by atoms with Gasteiger partial charge in [0, 0.05) is 18.8 Å². The molecule has 5 heteroatoms. The van der Waals surface area contributed by atoms with Gasteiger partial charge >= 0.3 is 0 Å². The normalized spacial score (nSPS) is 24.5. The molecule has 1 fully saturated rings. The number of nitrogens with two attached hydrogens (primary N) is 1. The van der Waals surface area contributed by atoms with Crippen molar-refractivity contribution in [2.45, 2.75) is 37.6 Å². The molecule has 19 heavy (non-hydrogen) atoms. The summed E-state index contributed by atoms with van der Waals surface area (Å²) in [5.41, 5.74) is 7.55. The van der Waals surface area contributed by atoms with Gasteiger partial charge in [-0.25, -0.2) is 8.42 Å². The van der Waals surface area contributed by atoms with E-state index < -0.39 is 9.84 Å². The zero-order valence-electron chi connectivity index (χ0n) is 11.8. The Bertz CT molecular complexity index is 569. The van der Waals surface area contributed by atoms with E-state index in [1.165, 1.54) is 12.7 Å². The van der Waals surface area contributed by atoms with E-state index in [-0.39, 0.29) is 4.90 Å². The molecule has 0 bridgehead atoms. The highest BCUT2D eigenvalue weighted by Gasteiger charge is 2.24. The van der Waals surface area contributed by atoms with E-state index >= 15 is 0 Å². The summed E-state index contributed by atoms with van der Waals surface area (Å²) in [5.74, 6) is 0.644. The van der Waals surface area contributed by atoms with Crippen LogP contribution in [0, 0.1) is 5.92 Å². The van der Waals surface area contributed by atoms with Crippen LogP contribution >= 0.6 is 0 Å². The molecule has 1 aliphatic heterocycles. The summed E-state index contributed by atoms with van der Waals surface area (Å²) in [7, 11) is -3.20. The Morgan fingerprint density at radius 1 is 1.26 bits per heavy atom. The molecular weight excluding hydrogens is 260 g/mol. The molecule has 0 amide bonds. The van der Waals surface area contributed by atoms with E-state index in [4.69, 9.17) is 5.73 Å². The van der Waals surface area contributed by atoms with E-state index in [0.717, 1.165) is 18.7 Å². The van der Waals surface area contributed by atoms with Crippen LogP contribution in [0.15, 0.2) is 23.1 Å². The van der Waals surface area contributed by atoms with Gasteiger partial charge in [-0.1, -0.05) is 6.92 Å². The monoisotopic (exact) mass is 282 g/mol. The number of sulfone groups is 1. The number of nitrogen functional groups attached to an aromatic ring is 1. The molecule has 0 spiro atoms. The molecule has 1 aromatic carbocycles. The highest BCUT2D eigenvalue weighted by molar-refractivity contribution is 7.90. The van der Waals surface area contributed by atoms with Crippen molar-refractivity contribution in [1.29, 1.82) is 0 Å². The molecule has 0 aromatic heterocycles. The first kappa shape index (κ1) is 14.2. The quantitative estimate of drug-likeness (QED) is 0.845. The summed E-state index contributed by atoms with van der Waals surface area (Å²) in [6.07, 6.45) is 3.58. The predicted octanol–water partition coefficient (Wildman–Crippen LogP) is 2.30. The van der Waals surface area contributed by atoms with Crippen LogP contribution in [-0.4, -0.2) is 27.3 Å². The van der Waals surface area contributed by atoms with Crippen LogP contribution in [-0.2, 0) is 9.84 Å². The molecule has 1 aromatic rings. The molecule has 1 saturated heterocycles. The molecule has 0 radical (unpaired) electrons. The van der Waals surface area contributed by atoms with Crippen molar-refractivity contribution in [3.05, 3.63) is 18.2 Å². The van der Waals surface area contributed by atoms with Gasteiger partial charge in [-0.2, -0.15) is 0 Å². The highest BCUT2D eigenvalue weighted by Crippen LogP contribution is 2.32. The van der Waals surface area contributed by atoms with Gasteiger partial charge in [-0.15, -0.1) is 0 Å². The van der Waals surface area contributed by atoms with Gasteiger partial charge < -0.3 is 10.6 Å². The number of nitrogens with zero attached hydrogens (tertiary/aromatic N) is 1. The third kappa shape index (κ3) is 3.03. The third-order valence-electron chi connectivity index (χ3n) is 3.85. The van der Waals surface area contributed by atoms with Crippen molar-refractivity contribution in [2.75, 3.05) is 23.4 Å². The van der Waals surface area contributed by atoms with E-state index in [9.17, 15) is 8.42 Å². The van der Waals surface area contributed by atoms with E-state index in [2.05, 4.69) is 18.7 Å². The van der Waals surface area contributed by atoms with Crippen molar-refractivity contribution in [3.63, 3.8) is 0 Å². The molecule has 1 aliphatic rings. The lowest BCUT2D eigenvalue weighted by atomic mass is 9.94. The first-order valence-electron chi connectivity index (χ1n) is 6.65. The van der Waals surface area contributed by atoms with E-state index in [0.29, 0.717) is 17.6 Å². The van der Waals surface area contributed by atoms with Gasteiger partial charge in [-0.3, -0.25) is 0 Å². The maximum absolute atomic E-state index is 11.5. The summed E-state index contributed by atoms with van der Waals surface area (Å²) >= 11 is 0. The third-order valence-corrected chi connectivity index (χ3v) is 4.96. The summed E-state index contributed by atoms with van der Waals surface area (Å²) in [6.45, 7) is 5.40. The molecule has 0 saturated carbocycles. The van der Waals surface area contributed by atoms with Crippen LogP contribution in [0.3, 0.4) is 0 Å². The highest BCUT2D eigenvalue weighted by atomic mass is 32.2. The van der Waals surface area contributed by atoms with Gasteiger partial charge in [0.2, 0.25) is 0 Å². The first-order chi connectivity index (χ1) is 8.79. The van der Waals surface area contributed by atoms with Crippen LogP contribution in [0.4, 0.5) is 11.4 Å². The number of hydrogen-bond acceptors (Lipinski definition) is 4. The Morgan fingerprint density at radius 2 is 1.95 bits per heavy atom. The zero-order chi connectivity index (χ0) is 14.2. The Hall–Kier alpha value is -1.23. The average Bonchev–Trinajstić information content (AvgIpc) is 2.31. The standard InChI is InChI=1S/C14H22N2O2S/c1-10-4-5-11(2)16(9-10)14-7-6-12(8-13(14)15)19(3,17)18/h6-8,10-11H,4-5,9,15H2,1-3H3. The zero-order valence-corrected chi connectivity index (χ0v) is 12.6. The number of rotatable bonds is 2. The number of benzene rings is 1. The second kappa shape index (κ2) is 5.04. The number of piperidine rings is 1. The van der Waals surface area contributed by atoms with E-state index in [1.807, 2.05) is 6.07 Å². The minimum absolute atomic E-state index is 0.284. The van der Waals surface area contributed by atoms with Crippen LogP contribution < -0.4 is 10.6 Å². The molecule has 2 N–H and O–H groups in total. The van der Waals surface area contributed by atoms with E-state index in [1.54, 1.807) is 12.1 Å². The molecule has 4 nitrogen and oxygen atoms in total. The lowest BCUT2D eigenvalue weighted by molar-refractivity contribution is 0.390. The maximum Gasteiger partial charge on any atom is 0.175 e. The molecule has 0 aliphatic carbocycles. The molecular formula is C14H22N2O2S. The van der Waals surface area contributed by atoms with Gasteiger partial charge in [0.1, 0.15) is 0 Å². The molecule has 2 rings (SSSR count). The predicted molar refractivity (Wildman–Crippen MR) is 79.2 cm³/mol. The SMILES string of the molecule is CC1CCC(C)N(c2ccc(S(C)(=O)=O)cc2N)C1. The topological polar surface area (TPSA) is 63.4 Å². The Morgan fingerprint density at radius 3 is 2.53 bits per heavy atom. The molecule has 2 unspecified atom stereocenters.